The molecule has 2 fully saturated rings. The molecule has 0 bridgehead atoms. The fourth-order valence-electron chi connectivity index (χ4n) is 3.81. The first-order valence-corrected chi connectivity index (χ1v) is 9.70. The molecule has 0 aromatic heterocycles. The molecule has 0 aliphatic carbocycles. The Balaban J connectivity index is 1.36. The van der Waals surface area contributed by atoms with Crippen molar-refractivity contribution < 1.29 is 19.3 Å². The van der Waals surface area contributed by atoms with Gasteiger partial charge in [0.05, 0.1) is 39.1 Å². The number of benzene rings is 2. The first-order chi connectivity index (χ1) is 13.8. The lowest BCUT2D eigenvalue weighted by Crippen LogP contribution is -2.24. The van der Waals surface area contributed by atoms with Crippen LogP contribution >= 0.6 is 0 Å². The molecule has 2 heterocycles. The number of hydrogen-bond donors (Lipinski definition) is 1. The summed E-state index contributed by atoms with van der Waals surface area (Å²) in [5.74, 6) is 1.40. The molecule has 2 aliphatic rings. The van der Waals surface area contributed by atoms with Gasteiger partial charge >= 0.3 is 0 Å². The van der Waals surface area contributed by atoms with Crippen molar-refractivity contribution in [2.75, 3.05) is 20.3 Å². The molecule has 2 aromatic rings. The van der Waals surface area contributed by atoms with Crippen LogP contribution in [0.4, 0.5) is 0 Å². The summed E-state index contributed by atoms with van der Waals surface area (Å²) >= 11 is 0. The minimum atomic E-state index is 0.0729. The Morgan fingerprint density at radius 3 is 1.82 bits per heavy atom. The third-order valence-corrected chi connectivity index (χ3v) is 5.48. The molecule has 0 unspecified atom stereocenters. The van der Waals surface area contributed by atoms with E-state index < -0.39 is 0 Å². The predicted molar refractivity (Wildman–Crippen MR) is 110 cm³/mol. The number of fused-ring (bicyclic) bond motifs is 1. The van der Waals surface area contributed by atoms with Gasteiger partial charge in [0.1, 0.15) is 5.75 Å². The number of methoxy groups -OCH3 is 1. The Bertz CT molecular complexity index is 751. The Kier molecular flexibility index (Phi) is 5.91. The average molecular weight is 378 g/mol. The Hall–Kier alpha value is -2.40. The van der Waals surface area contributed by atoms with Crippen LogP contribution in [0.1, 0.15) is 16.7 Å². The lowest BCUT2D eigenvalue weighted by Gasteiger charge is -2.13. The zero-order valence-electron chi connectivity index (χ0n) is 16.0. The molecule has 0 saturated carbocycles. The maximum Gasteiger partial charge on any atom is 0.118 e. The highest BCUT2D eigenvalue weighted by atomic mass is 16.6. The van der Waals surface area contributed by atoms with E-state index in [1.807, 2.05) is 48.5 Å². The lowest BCUT2D eigenvalue weighted by molar-refractivity contribution is 0.0658. The predicted octanol–water partition coefficient (Wildman–Crippen LogP) is 3.94. The van der Waals surface area contributed by atoms with Crippen molar-refractivity contribution in [1.82, 2.24) is 0 Å². The van der Waals surface area contributed by atoms with Gasteiger partial charge in [-0.05, 0) is 28.8 Å². The monoisotopic (exact) mass is 378 g/mol. The molecule has 4 heteroatoms. The summed E-state index contributed by atoms with van der Waals surface area (Å²) in [6, 6.07) is 16.0. The van der Waals surface area contributed by atoms with Crippen molar-refractivity contribution in [3.8, 4) is 5.75 Å². The molecular weight excluding hydrogens is 352 g/mol. The highest BCUT2D eigenvalue weighted by Gasteiger charge is 2.45. The first kappa shape index (κ1) is 18.9. The molecule has 146 valence electrons. The van der Waals surface area contributed by atoms with Crippen LogP contribution in [0.2, 0.25) is 0 Å². The Labute approximate surface area is 166 Å². The van der Waals surface area contributed by atoms with Gasteiger partial charge in [-0.3, -0.25) is 0 Å². The van der Waals surface area contributed by atoms with E-state index in [1.54, 1.807) is 7.11 Å². The van der Waals surface area contributed by atoms with Crippen molar-refractivity contribution in [2.24, 2.45) is 11.8 Å². The van der Waals surface area contributed by atoms with Gasteiger partial charge in [-0.2, -0.15) is 0 Å². The zero-order chi connectivity index (χ0) is 19.3. The van der Waals surface area contributed by atoms with Crippen molar-refractivity contribution in [1.29, 1.82) is 0 Å². The van der Waals surface area contributed by atoms with Gasteiger partial charge in [0, 0.05) is 11.8 Å². The molecule has 0 spiro atoms. The van der Waals surface area contributed by atoms with E-state index in [0.29, 0.717) is 13.2 Å². The van der Waals surface area contributed by atoms with Crippen LogP contribution in [0.5, 0.6) is 5.75 Å². The molecule has 28 heavy (non-hydrogen) atoms. The summed E-state index contributed by atoms with van der Waals surface area (Å²) < 4.78 is 17.3. The maximum atomic E-state index is 9.14. The minimum Gasteiger partial charge on any atom is -0.497 e. The summed E-state index contributed by atoms with van der Waals surface area (Å²) in [5.41, 5.74) is 3.19. The van der Waals surface area contributed by atoms with Crippen molar-refractivity contribution in [2.45, 2.75) is 18.8 Å². The third-order valence-electron chi connectivity index (χ3n) is 5.48. The quantitative estimate of drug-likeness (QED) is 0.827. The van der Waals surface area contributed by atoms with Crippen LogP contribution in [0.3, 0.4) is 0 Å². The van der Waals surface area contributed by atoms with Crippen molar-refractivity contribution in [3.05, 3.63) is 77.4 Å². The summed E-state index contributed by atoms with van der Waals surface area (Å²) in [5, 5.41) is 9.14. The van der Waals surface area contributed by atoms with Crippen LogP contribution in [0.15, 0.2) is 60.7 Å². The minimum absolute atomic E-state index is 0.0729. The second-order valence-electron chi connectivity index (χ2n) is 7.31. The highest BCUT2D eigenvalue weighted by Crippen LogP contribution is 2.36. The highest BCUT2D eigenvalue weighted by molar-refractivity contribution is 5.52. The van der Waals surface area contributed by atoms with E-state index in [2.05, 4.69) is 24.3 Å². The van der Waals surface area contributed by atoms with Gasteiger partial charge in [-0.25, -0.2) is 0 Å². The molecule has 0 amide bonds. The van der Waals surface area contributed by atoms with Crippen molar-refractivity contribution >= 4 is 12.2 Å². The summed E-state index contributed by atoms with van der Waals surface area (Å²) in [4.78, 5) is 0. The van der Waals surface area contributed by atoms with Crippen LogP contribution in [0.25, 0.3) is 12.2 Å². The fraction of sp³-hybridized carbons (Fsp3) is 0.333. The fourth-order valence-corrected chi connectivity index (χ4v) is 3.81. The van der Waals surface area contributed by atoms with E-state index >= 15 is 0 Å². The molecule has 0 radical (unpaired) electrons. The molecule has 4 rings (SSSR count). The van der Waals surface area contributed by atoms with Gasteiger partial charge in [0.15, 0.2) is 0 Å². The standard InChI is InChI=1S/C24H26O4/c1-26-22-12-8-18(9-13-22)7-11-21-16-28-23-20(15-27-24(21)23)10-6-17-2-4-19(14-25)5-3-17/h2-13,20-21,23-25H,14-16H2,1H3/t20-,21+,23+,24+/m0/s1. The van der Waals surface area contributed by atoms with Crippen molar-refractivity contribution in [3.63, 3.8) is 0 Å². The van der Waals surface area contributed by atoms with Gasteiger partial charge in [0.25, 0.3) is 0 Å². The Morgan fingerprint density at radius 1 is 0.857 bits per heavy atom. The smallest absolute Gasteiger partial charge is 0.118 e. The second-order valence-corrected chi connectivity index (χ2v) is 7.31. The summed E-state index contributed by atoms with van der Waals surface area (Å²) in [6.45, 7) is 1.45. The van der Waals surface area contributed by atoms with Crippen LogP contribution in [0, 0.1) is 11.8 Å². The van der Waals surface area contributed by atoms with Gasteiger partial charge in [0.2, 0.25) is 0 Å². The topological polar surface area (TPSA) is 47.9 Å². The second kappa shape index (κ2) is 8.74. The van der Waals surface area contributed by atoms with E-state index in [1.165, 1.54) is 0 Å². The average Bonchev–Trinajstić information content (AvgIpc) is 3.34. The molecule has 4 atom stereocenters. The van der Waals surface area contributed by atoms with Crippen LogP contribution < -0.4 is 4.74 Å². The largest absolute Gasteiger partial charge is 0.497 e. The SMILES string of the molecule is COc1ccc(C=C[C@@H]2CO[C@H]3[C@@H]2OC[C@@H]3C=Cc2ccc(CO)cc2)cc1. The zero-order valence-corrected chi connectivity index (χ0v) is 16.0. The third kappa shape index (κ3) is 4.20. The van der Waals surface area contributed by atoms with E-state index in [9.17, 15) is 0 Å². The molecule has 2 saturated heterocycles. The van der Waals surface area contributed by atoms with E-state index in [-0.39, 0.29) is 30.7 Å². The van der Waals surface area contributed by atoms with Crippen LogP contribution in [-0.4, -0.2) is 37.6 Å². The molecule has 4 nitrogen and oxygen atoms in total. The molecular formula is C24H26O4. The summed E-state index contributed by atoms with van der Waals surface area (Å²) in [7, 11) is 1.67. The lowest BCUT2D eigenvalue weighted by atomic mass is 9.95. The molecule has 1 N–H and O–H groups in total. The molecule has 2 aromatic carbocycles. The van der Waals surface area contributed by atoms with Gasteiger partial charge in [-0.15, -0.1) is 0 Å². The normalized spacial score (nSPS) is 26.9. The van der Waals surface area contributed by atoms with Crippen LogP contribution in [-0.2, 0) is 16.1 Å². The van der Waals surface area contributed by atoms with E-state index in [0.717, 1.165) is 22.4 Å². The maximum absolute atomic E-state index is 9.14. The van der Waals surface area contributed by atoms with Gasteiger partial charge in [-0.1, -0.05) is 60.7 Å². The Morgan fingerprint density at radius 2 is 1.36 bits per heavy atom. The summed E-state index contributed by atoms with van der Waals surface area (Å²) in [6.07, 6.45) is 8.85. The number of hydrogen-bond acceptors (Lipinski definition) is 4. The number of aliphatic hydroxyl groups is 1. The molecule has 2 aliphatic heterocycles. The van der Waals surface area contributed by atoms with Gasteiger partial charge < -0.3 is 19.3 Å². The number of ether oxygens (including phenoxy) is 3. The number of rotatable bonds is 6. The van der Waals surface area contributed by atoms with E-state index in [4.69, 9.17) is 19.3 Å². The number of aliphatic hydroxyl groups excluding tert-OH is 1. The first-order valence-electron chi connectivity index (χ1n) is 9.70.